The number of benzene rings is 4. The molecule has 0 aliphatic heterocycles. The third-order valence-electron chi connectivity index (χ3n) is 5.38. The molecule has 138 valence electrons. The van der Waals surface area contributed by atoms with E-state index in [1.807, 2.05) is 54.6 Å². The van der Waals surface area contributed by atoms with Crippen LogP contribution in [0.15, 0.2) is 87.7 Å². The van der Waals surface area contributed by atoms with E-state index in [9.17, 15) is 10.1 Å². The van der Waals surface area contributed by atoms with Crippen molar-refractivity contribution in [3.05, 3.63) is 89.0 Å². The quantitative estimate of drug-likeness (QED) is 0.238. The van der Waals surface area contributed by atoms with E-state index in [4.69, 9.17) is 8.83 Å². The molecule has 0 bridgehead atoms. The van der Waals surface area contributed by atoms with Gasteiger partial charge in [-0.15, -0.1) is 0 Å². The first kappa shape index (κ1) is 15.9. The highest BCUT2D eigenvalue weighted by atomic mass is 16.6. The molecular formula is C24H13NO4. The summed E-state index contributed by atoms with van der Waals surface area (Å²) < 4.78 is 12.4. The van der Waals surface area contributed by atoms with Crippen LogP contribution in [0.3, 0.4) is 0 Å². The van der Waals surface area contributed by atoms with Crippen LogP contribution in [0, 0.1) is 10.1 Å². The van der Waals surface area contributed by atoms with Gasteiger partial charge in [0.05, 0.1) is 15.9 Å². The molecular weight excluding hydrogens is 366 g/mol. The molecule has 6 rings (SSSR count). The molecule has 4 aromatic carbocycles. The minimum Gasteiger partial charge on any atom is -0.455 e. The number of hydrogen-bond donors (Lipinski definition) is 0. The van der Waals surface area contributed by atoms with Crippen molar-refractivity contribution in [2.45, 2.75) is 0 Å². The highest BCUT2D eigenvalue weighted by Gasteiger charge is 2.24. The third kappa shape index (κ3) is 2.15. The van der Waals surface area contributed by atoms with Crippen molar-refractivity contribution in [1.82, 2.24) is 0 Å². The Morgan fingerprint density at radius 2 is 1.28 bits per heavy atom. The second-order valence-electron chi connectivity index (χ2n) is 6.98. The van der Waals surface area contributed by atoms with Gasteiger partial charge in [-0.1, -0.05) is 48.5 Å². The number of para-hydroxylation sites is 3. The second-order valence-corrected chi connectivity index (χ2v) is 6.98. The first-order valence-electron chi connectivity index (χ1n) is 9.21. The third-order valence-corrected chi connectivity index (χ3v) is 5.38. The summed E-state index contributed by atoms with van der Waals surface area (Å²) in [6.45, 7) is 0. The van der Waals surface area contributed by atoms with Crippen LogP contribution in [-0.4, -0.2) is 4.92 Å². The fourth-order valence-electron chi connectivity index (χ4n) is 4.13. The van der Waals surface area contributed by atoms with Crippen molar-refractivity contribution in [2.75, 3.05) is 0 Å². The number of rotatable bonds is 2. The van der Waals surface area contributed by atoms with Gasteiger partial charge >= 0.3 is 0 Å². The van der Waals surface area contributed by atoms with Crippen LogP contribution < -0.4 is 0 Å². The fraction of sp³-hybridized carbons (Fsp3) is 0. The van der Waals surface area contributed by atoms with E-state index < -0.39 is 0 Å². The first-order chi connectivity index (χ1) is 14.2. The van der Waals surface area contributed by atoms with Crippen molar-refractivity contribution in [3.8, 4) is 11.1 Å². The Kier molecular flexibility index (Phi) is 3.12. The summed E-state index contributed by atoms with van der Waals surface area (Å²) >= 11 is 0. The molecule has 0 aliphatic rings. The number of nitrogens with zero attached hydrogens (tertiary/aromatic N) is 1. The highest BCUT2D eigenvalue weighted by molar-refractivity contribution is 6.25. The lowest BCUT2D eigenvalue weighted by Crippen LogP contribution is -1.91. The molecule has 0 N–H and O–H groups in total. The van der Waals surface area contributed by atoms with Gasteiger partial charge < -0.3 is 8.83 Å². The number of nitro benzene ring substituents is 1. The van der Waals surface area contributed by atoms with Crippen LogP contribution in [0.25, 0.3) is 55.0 Å². The van der Waals surface area contributed by atoms with Crippen LogP contribution in [0.1, 0.15) is 0 Å². The van der Waals surface area contributed by atoms with Gasteiger partial charge in [0.1, 0.15) is 22.3 Å². The number of hydrogen-bond acceptors (Lipinski definition) is 4. The maximum Gasteiger partial charge on any atom is 0.277 e. The standard InChI is InChI=1S/C24H13NO4/c26-25(27)19-10-4-1-7-14(19)17-13-18-15-8-2-5-11-20(15)28-24(18)22-16-9-3-6-12-21(16)29-23(17)22/h1-13H. The molecule has 5 heteroatoms. The van der Waals surface area contributed by atoms with Crippen molar-refractivity contribution in [2.24, 2.45) is 0 Å². The molecule has 0 unspecified atom stereocenters. The number of furan rings is 2. The van der Waals surface area contributed by atoms with Crippen LogP contribution in [-0.2, 0) is 0 Å². The van der Waals surface area contributed by atoms with Crippen molar-refractivity contribution >= 4 is 49.6 Å². The van der Waals surface area contributed by atoms with Gasteiger partial charge in [0, 0.05) is 27.8 Å². The Morgan fingerprint density at radius 3 is 2.07 bits per heavy atom. The zero-order valence-corrected chi connectivity index (χ0v) is 15.1. The normalized spacial score (nSPS) is 11.7. The first-order valence-corrected chi connectivity index (χ1v) is 9.21. The molecule has 0 atom stereocenters. The largest absolute Gasteiger partial charge is 0.455 e. The lowest BCUT2D eigenvalue weighted by atomic mass is 9.97. The Balaban J connectivity index is 1.89. The van der Waals surface area contributed by atoms with Crippen LogP contribution in [0.4, 0.5) is 5.69 Å². The minimum absolute atomic E-state index is 0.0430. The van der Waals surface area contributed by atoms with Gasteiger partial charge in [-0.05, 0) is 24.3 Å². The molecule has 6 aromatic rings. The maximum absolute atomic E-state index is 11.7. The van der Waals surface area contributed by atoms with E-state index in [0.29, 0.717) is 16.7 Å². The summed E-state index contributed by atoms with van der Waals surface area (Å²) in [5.41, 5.74) is 4.06. The highest BCUT2D eigenvalue weighted by Crippen LogP contribution is 2.45. The maximum atomic E-state index is 11.7. The molecule has 2 aromatic heterocycles. The zero-order chi connectivity index (χ0) is 19.5. The topological polar surface area (TPSA) is 69.4 Å². The molecule has 0 spiro atoms. The van der Waals surface area contributed by atoms with E-state index in [-0.39, 0.29) is 10.6 Å². The predicted octanol–water partition coefficient (Wildman–Crippen LogP) is 7.06. The molecule has 0 amide bonds. The molecule has 0 fully saturated rings. The molecule has 0 saturated heterocycles. The van der Waals surface area contributed by atoms with Gasteiger partial charge in [0.15, 0.2) is 0 Å². The lowest BCUT2D eigenvalue weighted by Gasteiger charge is -2.05. The van der Waals surface area contributed by atoms with E-state index >= 15 is 0 Å². The van der Waals surface area contributed by atoms with E-state index in [2.05, 4.69) is 0 Å². The summed E-state index contributed by atoms with van der Waals surface area (Å²) in [4.78, 5) is 11.3. The van der Waals surface area contributed by atoms with Crippen LogP contribution in [0.5, 0.6) is 0 Å². The molecule has 29 heavy (non-hydrogen) atoms. The van der Waals surface area contributed by atoms with E-state index in [0.717, 1.165) is 38.3 Å². The Hall–Kier alpha value is -4.12. The van der Waals surface area contributed by atoms with E-state index in [1.54, 1.807) is 18.2 Å². The van der Waals surface area contributed by atoms with Crippen molar-refractivity contribution in [3.63, 3.8) is 0 Å². The van der Waals surface area contributed by atoms with Crippen LogP contribution in [0.2, 0.25) is 0 Å². The fourth-order valence-corrected chi connectivity index (χ4v) is 4.13. The second kappa shape index (κ2) is 5.69. The summed E-state index contributed by atoms with van der Waals surface area (Å²) in [7, 11) is 0. The zero-order valence-electron chi connectivity index (χ0n) is 15.1. The smallest absolute Gasteiger partial charge is 0.277 e. The SMILES string of the molecule is O=[N+]([O-])c1ccccc1-c1cc2c3ccccc3oc2c2c1oc1ccccc12. The van der Waals surface area contributed by atoms with E-state index in [1.165, 1.54) is 6.07 Å². The molecule has 0 radical (unpaired) electrons. The van der Waals surface area contributed by atoms with Gasteiger partial charge in [0.2, 0.25) is 0 Å². The van der Waals surface area contributed by atoms with Gasteiger partial charge in [-0.3, -0.25) is 10.1 Å². The Bertz CT molecular complexity index is 1590. The molecule has 2 heterocycles. The average Bonchev–Trinajstić information content (AvgIpc) is 3.31. The van der Waals surface area contributed by atoms with Crippen molar-refractivity contribution < 1.29 is 13.8 Å². The number of fused-ring (bicyclic) bond motifs is 7. The number of nitro groups is 1. The summed E-state index contributed by atoms with van der Waals surface area (Å²) in [6.07, 6.45) is 0. The minimum atomic E-state index is -0.360. The summed E-state index contributed by atoms with van der Waals surface area (Å²) in [6, 6.07) is 24.2. The van der Waals surface area contributed by atoms with Crippen molar-refractivity contribution in [1.29, 1.82) is 0 Å². The van der Waals surface area contributed by atoms with Gasteiger partial charge in [0.25, 0.3) is 5.69 Å². The summed E-state index contributed by atoms with van der Waals surface area (Å²) in [5, 5.41) is 15.3. The van der Waals surface area contributed by atoms with Crippen LogP contribution >= 0.6 is 0 Å². The summed E-state index contributed by atoms with van der Waals surface area (Å²) in [5.74, 6) is 0. The Morgan fingerprint density at radius 1 is 0.655 bits per heavy atom. The average molecular weight is 379 g/mol. The molecule has 0 aliphatic carbocycles. The molecule has 5 nitrogen and oxygen atoms in total. The van der Waals surface area contributed by atoms with Gasteiger partial charge in [-0.2, -0.15) is 0 Å². The lowest BCUT2D eigenvalue weighted by molar-refractivity contribution is -0.384. The van der Waals surface area contributed by atoms with Gasteiger partial charge in [-0.25, -0.2) is 0 Å². The predicted molar refractivity (Wildman–Crippen MR) is 113 cm³/mol. The molecule has 0 saturated carbocycles. The monoisotopic (exact) mass is 379 g/mol. The Labute approximate surface area is 163 Å².